The minimum absolute atomic E-state index is 0.227. The fourth-order valence-electron chi connectivity index (χ4n) is 1.34. The van der Waals surface area contributed by atoms with Crippen LogP contribution in [0.25, 0.3) is 0 Å². The van der Waals surface area contributed by atoms with E-state index in [1.54, 1.807) is 0 Å². The number of amides is 2. The van der Waals surface area contributed by atoms with Crippen LogP contribution in [-0.4, -0.2) is 34.3 Å². The maximum atomic E-state index is 12.9. The number of aliphatic hydroxyl groups is 1. The number of hydrogen-bond acceptors (Lipinski definition) is 4. The van der Waals surface area contributed by atoms with Gasteiger partial charge in [0.15, 0.2) is 11.6 Å². The van der Waals surface area contributed by atoms with Gasteiger partial charge in [-0.15, -0.1) is 0 Å². The Morgan fingerprint density at radius 1 is 1.26 bits per heavy atom. The molecule has 0 aromatic heterocycles. The number of hydrogen-bond donors (Lipinski definition) is 4. The SMILES string of the molecule is CC(O)C(NC(=O)c1ccc(F)c(F)c1)C(=O)NO. The fourth-order valence-corrected chi connectivity index (χ4v) is 1.34. The summed E-state index contributed by atoms with van der Waals surface area (Å²) in [6, 6.07) is 1.00. The van der Waals surface area contributed by atoms with Crippen molar-refractivity contribution >= 4 is 11.8 Å². The summed E-state index contributed by atoms with van der Waals surface area (Å²) >= 11 is 0. The lowest BCUT2D eigenvalue weighted by molar-refractivity contribution is -0.133. The first-order valence-corrected chi connectivity index (χ1v) is 5.24. The van der Waals surface area contributed by atoms with Gasteiger partial charge in [-0.1, -0.05) is 0 Å². The van der Waals surface area contributed by atoms with Crippen molar-refractivity contribution in [3.63, 3.8) is 0 Å². The summed E-state index contributed by atoms with van der Waals surface area (Å²) in [5, 5.41) is 19.8. The summed E-state index contributed by atoms with van der Waals surface area (Å²) in [4.78, 5) is 22.8. The molecule has 6 nitrogen and oxygen atoms in total. The Kier molecular flexibility index (Phi) is 4.90. The van der Waals surface area contributed by atoms with Crippen LogP contribution in [0.1, 0.15) is 17.3 Å². The minimum Gasteiger partial charge on any atom is -0.391 e. The molecule has 0 heterocycles. The molecule has 0 aliphatic rings. The quantitative estimate of drug-likeness (QED) is 0.457. The van der Waals surface area contributed by atoms with E-state index >= 15 is 0 Å². The van der Waals surface area contributed by atoms with Gasteiger partial charge in [0.05, 0.1) is 6.10 Å². The van der Waals surface area contributed by atoms with Gasteiger partial charge in [0.2, 0.25) is 0 Å². The first kappa shape index (κ1) is 15.0. The summed E-state index contributed by atoms with van der Waals surface area (Å²) in [7, 11) is 0. The second kappa shape index (κ2) is 6.21. The Bertz CT molecular complexity index is 494. The summed E-state index contributed by atoms with van der Waals surface area (Å²) in [5.74, 6) is -4.26. The molecule has 1 rings (SSSR count). The lowest BCUT2D eigenvalue weighted by Crippen LogP contribution is -2.51. The molecule has 8 heteroatoms. The first-order valence-electron chi connectivity index (χ1n) is 5.24. The summed E-state index contributed by atoms with van der Waals surface area (Å²) in [6.07, 6.45) is -1.29. The summed E-state index contributed by atoms with van der Waals surface area (Å²) in [6.45, 7) is 1.21. The van der Waals surface area contributed by atoms with E-state index in [4.69, 9.17) is 5.21 Å². The lowest BCUT2D eigenvalue weighted by Gasteiger charge is -2.19. The highest BCUT2D eigenvalue weighted by Crippen LogP contribution is 2.09. The molecular formula is C11H12F2N2O4. The third-order valence-electron chi connectivity index (χ3n) is 2.34. The van der Waals surface area contributed by atoms with E-state index in [1.165, 1.54) is 12.4 Å². The Balaban J connectivity index is 2.87. The Morgan fingerprint density at radius 3 is 2.37 bits per heavy atom. The molecule has 2 atom stereocenters. The monoisotopic (exact) mass is 274 g/mol. The van der Waals surface area contributed by atoms with Crippen LogP contribution in [0.5, 0.6) is 0 Å². The van der Waals surface area contributed by atoms with Crippen molar-refractivity contribution in [1.82, 2.24) is 10.8 Å². The van der Waals surface area contributed by atoms with Gasteiger partial charge in [0, 0.05) is 5.56 Å². The summed E-state index contributed by atoms with van der Waals surface area (Å²) < 4.78 is 25.6. The van der Waals surface area contributed by atoms with Gasteiger partial charge in [0.25, 0.3) is 11.8 Å². The maximum Gasteiger partial charge on any atom is 0.268 e. The normalized spacial score (nSPS) is 13.5. The van der Waals surface area contributed by atoms with Gasteiger partial charge in [0.1, 0.15) is 6.04 Å². The van der Waals surface area contributed by atoms with Crippen LogP contribution in [0.15, 0.2) is 18.2 Å². The van der Waals surface area contributed by atoms with Crippen molar-refractivity contribution in [2.24, 2.45) is 0 Å². The smallest absolute Gasteiger partial charge is 0.268 e. The van der Waals surface area contributed by atoms with Gasteiger partial charge >= 0.3 is 0 Å². The fraction of sp³-hybridized carbons (Fsp3) is 0.273. The maximum absolute atomic E-state index is 12.9. The number of benzene rings is 1. The van der Waals surface area contributed by atoms with Gasteiger partial charge in [-0.3, -0.25) is 14.8 Å². The van der Waals surface area contributed by atoms with Crippen molar-refractivity contribution in [3.05, 3.63) is 35.4 Å². The minimum atomic E-state index is -1.43. The molecule has 4 N–H and O–H groups in total. The van der Waals surface area contributed by atoms with Crippen LogP contribution in [0.2, 0.25) is 0 Å². The van der Waals surface area contributed by atoms with Crippen molar-refractivity contribution in [2.45, 2.75) is 19.1 Å². The van der Waals surface area contributed by atoms with Crippen molar-refractivity contribution in [1.29, 1.82) is 0 Å². The molecule has 0 spiro atoms. The number of hydroxylamine groups is 1. The van der Waals surface area contributed by atoms with Gasteiger partial charge < -0.3 is 10.4 Å². The standard InChI is InChI=1S/C11H12F2N2O4/c1-5(16)9(11(18)15-19)14-10(17)6-2-3-7(12)8(13)4-6/h2-5,9,16,19H,1H3,(H,14,17)(H,15,18). The van der Waals surface area contributed by atoms with E-state index < -0.39 is 35.6 Å². The highest BCUT2D eigenvalue weighted by molar-refractivity contribution is 5.97. The molecule has 0 aliphatic carbocycles. The van der Waals surface area contributed by atoms with Gasteiger partial charge in [-0.25, -0.2) is 14.3 Å². The van der Waals surface area contributed by atoms with E-state index in [0.29, 0.717) is 6.07 Å². The number of halogens is 2. The molecule has 0 radical (unpaired) electrons. The lowest BCUT2D eigenvalue weighted by atomic mass is 10.1. The highest BCUT2D eigenvalue weighted by Gasteiger charge is 2.26. The zero-order chi connectivity index (χ0) is 14.6. The molecule has 1 aromatic carbocycles. The Labute approximate surface area is 107 Å². The van der Waals surface area contributed by atoms with Gasteiger partial charge in [-0.05, 0) is 25.1 Å². The third-order valence-corrected chi connectivity index (χ3v) is 2.34. The van der Waals surface area contributed by atoms with E-state index in [1.807, 2.05) is 0 Å². The highest BCUT2D eigenvalue weighted by atomic mass is 19.2. The predicted molar refractivity (Wildman–Crippen MR) is 59.2 cm³/mol. The van der Waals surface area contributed by atoms with Crippen LogP contribution in [-0.2, 0) is 4.79 Å². The molecule has 19 heavy (non-hydrogen) atoms. The predicted octanol–water partition coefficient (Wildman–Crippen LogP) is -0.0506. The zero-order valence-corrected chi connectivity index (χ0v) is 9.85. The first-order chi connectivity index (χ1) is 8.86. The topological polar surface area (TPSA) is 98.7 Å². The van der Waals surface area contributed by atoms with E-state index in [-0.39, 0.29) is 5.56 Å². The summed E-state index contributed by atoms with van der Waals surface area (Å²) in [5.41, 5.74) is 1.05. The van der Waals surface area contributed by atoms with E-state index in [0.717, 1.165) is 12.1 Å². The van der Waals surface area contributed by atoms with E-state index in [2.05, 4.69) is 5.32 Å². The average Bonchev–Trinajstić information content (AvgIpc) is 2.37. The Hall–Kier alpha value is -2.06. The molecule has 1 aromatic rings. The molecule has 0 bridgehead atoms. The number of aliphatic hydroxyl groups excluding tert-OH is 1. The molecule has 0 saturated heterocycles. The van der Waals surface area contributed by atoms with Crippen LogP contribution in [0, 0.1) is 11.6 Å². The number of carbonyl (C=O) groups excluding carboxylic acids is 2. The van der Waals surface area contributed by atoms with Crippen LogP contribution in [0.4, 0.5) is 8.78 Å². The molecule has 0 fully saturated rings. The van der Waals surface area contributed by atoms with Crippen molar-refractivity contribution in [3.8, 4) is 0 Å². The number of nitrogens with one attached hydrogen (secondary N) is 2. The van der Waals surface area contributed by atoms with Gasteiger partial charge in [-0.2, -0.15) is 0 Å². The van der Waals surface area contributed by atoms with E-state index in [9.17, 15) is 23.5 Å². The van der Waals surface area contributed by atoms with Crippen molar-refractivity contribution < 1.29 is 28.7 Å². The molecule has 2 amide bonds. The third kappa shape index (κ3) is 3.70. The number of rotatable bonds is 4. The zero-order valence-electron chi connectivity index (χ0n) is 9.85. The second-order valence-corrected chi connectivity index (χ2v) is 3.80. The Morgan fingerprint density at radius 2 is 1.89 bits per heavy atom. The van der Waals surface area contributed by atoms with Crippen LogP contribution in [0.3, 0.4) is 0 Å². The van der Waals surface area contributed by atoms with Crippen LogP contribution < -0.4 is 10.8 Å². The molecule has 104 valence electrons. The average molecular weight is 274 g/mol. The molecular weight excluding hydrogens is 262 g/mol. The van der Waals surface area contributed by atoms with Crippen LogP contribution >= 0.6 is 0 Å². The molecule has 2 unspecified atom stereocenters. The largest absolute Gasteiger partial charge is 0.391 e. The molecule has 0 saturated carbocycles. The molecule has 0 aliphatic heterocycles. The number of carbonyl (C=O) groups is 2. The van der Waals surface area contributed by atoms with Crippen molar-refractivity contribution in [2.75, 3.05) is 0 Å². The second-order valence-electron chi connectivity index (χ2n) is 3.80.